The average Bonchev–Trinajstić information content (AvgIpc) is 3.35. The van der Waals surface area contributed by atoms with Gasteiger partial charge in [0.05, 0.1) is 6.26 Å². The molecule has 1 unspecified atom stereocenters. The Morgan fingerprint density at radius 3 is 2.50 bits per heavy atom. The first-order valence-electron chi connectivity index (χ1n) is 11.1. The summed E-state index contributed by atoms with van der Waals surface area (Å²) in [7, 11) is 4.38. The zero-order valence-corrected chi connectivity index (χ0v) is 19.9. The number of carbonyl (C=O) groups excluding carboxylic acids is 3. The lowest BCUT2D eigenvalue weighted by atomic mass is 9.96. The van der Waals surface area contributed by atoms with E-state index in [2.05, 4.69) is 10.8 Å². The highest BCUT2D eigenvalue weighted by Crippen LogP contribution is 2.25. The SMILES string of the molecule is CNC(=O)[C@@](C)(C(=O)NOC1CCCCO1)N(C)C(=O)c1ccc(-c2coc(COC)c2)cc1. The third kappa shape index (κ3) is 5.46. The average molecular weight is 474 g/mol. The molecule has 1 fully saturated rings. The second kappa shape index (κ2) is 11.3. The Labute approximate surface area is 198 Å². The molecule has 1 aliphatic rings. The minimum atomic E-state index is -1.86. The second-order valence-corrected chi connectivity index (χ2v) is 8.17. The summed E-state index contributed by atoms with van der Waals surface area (Å²) in [6.07, 6.45) is 3.48. The van der Waals surface area contributed by atoms with Gasteiger partial charge in [-0.05, 0) is 43.5 Å². The van der Waals surface area contributed by atoms with Crippen molar-refractivity contribution in [3.63, 3.8) is 0 Å². The molecule has 34 heavy (non-hydrogen) atoms. The quantitative estimate of drug-likeness (QED) is 0.423. The molecule has 0 bridgehead atoms. The van der Waals surface area contributed by atoms with Crippen molar-refractivity contribution >= 4 is 17.7 Å². The van der Waals surface area contributed by atoms with Gasteiger partial charge in [-0.25, -0.2) is 10.3 Å². The molecule has 0 aliphatic carbocycles. The molecular weight excluding hydrogens is 442 g/mol. The number of benzene rings is 1. The van der Waals surface area contributed by atoms with Crippen molar-refractivity contribution in [1.29, 1.82) is 0 Å². The first-order valence-corrected chi connectivity index (χ1v) is 11.1. The Balaban J connectivity index is 1.74. The monoisotopic (exact) mass is 473 g/mol. The highest BCUT2D eigenvalue weighted by atomic mass is 16.8. The number of nitrogens with one attached hydrogen (secondary N) is 2. The molecule has 2 aromatic rings. The first-order chi connectivity index (χ1) is 16.3. The van der Waals surface area contributed by atoms with Crippen LogP contribution >= 0.6 is 0 Å². The van der Waals surface area contributed by atoms with Crippen LogP contribution in [0, 0.1) is 0 Å². The molecule has 1 saturated heterocycles. The number of methoxy groups -OCH3 is 1. The van der Waals surface area contributed by atoms with Crippen molar-refractivity contribution in [2.24, 2.45) is 0 Å². The summed E-state index contributed by atoms with van der Waals surface area (Å²) >= 11 is 0. The summed E-state index contributed by atoms with van der Waals surface area (Å²) in [6, 6.07) is 8.65. The van der Waals surface area contributed by atoms with E-state index in [1.807, 2.05) is 6.07 Å². The largest absolute Gasteiger partial charge is 0.466 e. The van der Waals surface area contributed by atoms with Crippen LogP contribution < -0.4 is 10.8 Å². The number of furan rings is 1. The number of hydroxylamine groups is 1. The maximum atomic E-state index is 13.2. The lowest BCUT2D eigenvalue weighted by Gasteiger charge is -2.36. The van der Waals surface area contributed by atoms with Gasteiger partial charge < -0.3 is 24.1 Å². The third-order valence-electron chi connectivity index (χ3n) is 5.91. The molecule has 0 spiro atoms. The smallest absolute Gasteiger partial charge is 0.279 e. The van der Waals surface area contributed by atoms with Crippen molar-refractivity contribution in [1.82, 2.24) is 15.7 Å². The normalized spacial score (nSPS) is 17.5. The molecule has 1 aromatic carbocycles. The van der Waals surface area contributed by atoms with E-state index in [4.69, 9.17) is 18.7 Å². The summed E-state index contributed by atoms with van der Waals surface area (Å²) in [6.45, 7) is 2.26. The number of amides is 3. The minimum absolute atomic E-state index is 0.311. The van der Waals surface area contributed by atoms with Gasteiger partial charge in [-0.1, -0.05) is 12.1 Å². The number of hydrogen-bond acceptors (Lipinski definition) is 7. The molecule has 2 heterocycles. The van der Waals surface area contributed by atoms with Gasteiger partial charge in [0.2, 0.25) is 0 Å². The number of nitrogens with zero attached hydrogens (tertiary/aromatic N) is 1. The van der Waals surface area contributed by atoms with Crippen LogP contribution in [0.2, 0.25) is 0 Å². The van der Waals surface area contributed by atoms with E-state index < -0.39 is 29.6 Å². The van der Waals surface area contributed by atoms with Gasteiger partial charge in [0.25, 0.3) is 17.7 Å². The molecule has 10 heteroatoms. The lowest BCUT2D eigenvalue weighted by molar-refractivity contribution is -0.204. The fourth-order valence-electron chi connectivity index (χ4n) is 3.63. The van der Waals surface area contributed by atoms with Crippen molar-refractivity contribution in [2.75, 3.05) is 27.8 Å². The summed E-state index contributed by atoms with van der Waals surface area (Å²) in [5.74, 6) is -1.26. The maximum absolute atomic E-state index is 13.2. The first kappa shape index (κ1) is 25.4. The molecule has 10 nitrogen and oxygen atoms in total. The second-order valence-electron chi connectivity index (χ2n) is 8.17. The van der Waals surface area contributed by atoms with Gasteiger partial charge in [0, 0.05) is 45.4 Å². The topological polar surface area (TPSA) is 119 Å². The maximum Gasteiger partial charge on any atom is 0.279 e. The zero-order valence-electron chi connectivity index (χ0n) is 19.9. The molecule has 0 radical (unpaired) electrons. The van der Waals surface area contributed by atoms with Gasteiger partial charge >= 0.3 is 0 Å². The molecule has 1 aromatic heterocycles. The van der Waals surface area contributed by atoms with Crippen LogP contribution in [0.25, 0.3) is 11.1 Å². The van der Waals surface area contributed by atoms with Crippen molar-refractivity contribution in [3.8, 4) is 11.1 Å². The Bertz CT molecular complexity index is 998. The van der Waals surface area contributed by atoms with E-state index in [0.717, 1.165) is 28.9 Å². The zero-order chi connectivity index (χ0) is 24.7. The van der Waals surface area contributed by atoms with E-state index in [-0.39, 0.29) is 0 Å². The van der Waals surface area contributed by atoms with E-state index in [1.165, 1.54) is 21.0 Å². The van der Waals surface area contributed by atoms with Gasteiger partial charge in [-0.3, -0.25) is 14.4 Å². The van der Waals surface area contributed by atoms with Crippen molar-refractivity contribution < 1.29 is 33.1 Å². The van der Waals surface area contributed by atoms with E-state index in [0.29, 0.717) is 31.0 Å². The van der Waals surface area contributed by atoms with Gasteiger partial charge in [0.15, 0.2) is 11.8 Å². The van der Waals surface area contributed by atoms with Gasteiger partial charge in [-0.15, -0.1) is 0 Å². The molecule has 3 amide bonds. The van der Waals surface area contributed by atoms with Gasteiger partial charge in [-0.2, -0.15) is 0 Å². The van der Waals surface area contributed by atoms with Crippen molar-refractivity contribution in [2.45, 2.75) is 44.6 Å². The number of carbonyl (C=O) groups is 3. The Morgan fingerprint density at radius 1 is 1.15 bits per heavy atom. The summed E-state index contributed by atoms with van der Waals surface area (Å²) in [5, 5.41) is 2.45. The van der Waals surface area contributed by atoms with Gasteiger partial charge in [0.1, 0.15) is 12.4 Å². The molecular formula is C24H31N3O7. The highest BCUT2D eigenvalue weighted by molar-refractivity contribution is 6.12. The fraction of sp³-hybridized carbons (Fsp3) is 0.458. The highest BCUT2D eigenvalue weighted by Gasteiger charge is 2.47. The summed E-state index contributed by atoms with van der Waals surface area (Å²) < 4.78 is 15.9. The Kier molecular flexibility index (Phi) is 8.43. The molecule has 2 N–H and O–H groups in total. The number of rotatable bonds is 9. The molecule has 184 valence electrons. The summed E-state index contributed by atoms with van der Waals surface area (Å²) in [5.41, 5.74) is 2.44. The minimum Gasteiger partial charge on any atom is -0.466 e. The van der Waals surface area contributed by atoms with Crippen LogP contribution in [0.15, 0.2) is 41.0 Å². The predicted octanol–water partition coefficient (Wildman–Crippen LogP) is 2.24. The number of ether oxygens (including phenoxy) is 2. The van der Waals surface area contributed by atoms with Crippen LogP contribution in [-0.2, 0) is 30.5 Å². The van der Waals surface area contributed by atoms with E-state index in [9.17, 15) is 14.4 Å². The molecule has 3 rings (SSSR count). The molecule has 1 aliphatic heterocycles. The van der Waals surface area contributed by atoms with Crippen LogP contribution in [0.1, 0.15) is 42.3 Å². The predicted molar refractivity (Wildman–Crippen MR) is 122 cm³/mol. The Hall–Kier alpha value is -3.21. The van der Waals surface area contributed by atoms with Crippen LogP contribution in [-0.4, -0.2) is 62.3 Å². The standard InChI is InChI=1S/C24H31N3O7/c1-24(22(29)25-2,23(30)26-34-20-7-5-6-12-32-20)27(3)21(28)17-10-8-16(9-11-17)18-13-19(15-31-4)33-14-18/h8-11,13-14,20H,5-7,12,15H2,1-4H3,(H,25,29)(H,26,30)/t20?,24-/m0/s1. The van der Waals surface area contributed by atoms with Crippen LogP contribution in [0.5, 0.6) is 0 Å². The Morgan fingerprint density at radius 2 is 1.88 bits per heavy atom. The van der Waals surface area contributed by atoms with E-state index >= 15 is 0 Å². The summed E-state index contributed by atoms with van der Waals surface area (Å²) in [4.78, 5) is 45.4. The van der Waals surface area contributed by atoms with Crippen LogP contribution in [0.4, 0.5) is 0 Å². The molecule has 2 atom stereocenters. The fourth-order valence-corrected chi connectivity index (χ4v) is 3.63. The molecule has 0 saturated carbocycles. The number of hydrogen-bond donors (Lipinski definition) is 2. The number of likely N-dealkylation sites (N-methyl/N-ethyl adjacent to an activating group) is 2. The third-order valence-corrected chi connectivity index (χ3v) is 5.91. The lowest BCUT2D eigenvalue weighted by Crippen LogP contribution is -2.65. The van der Waals surface area contributed by atoms with Crippen molar-refractivity contribution in [3.05, 3.63) is 47.9 Å². The van der Waals surface area contributed by atoms with Crippen LogP contribution in [0.3, 0.4) is 0 Å². The van der Waals surface area contributed by atoms with E-state index in [1.54, 1.807) is 37.6 Å².